The van der Waals surface area contributed by atoms with E-state index in [0.29, 0.717) is 5.69 Å². The lowest BCUT2D eigenvalue weighted by atomic mass is 10.1. The van der Waals surface area contributed by atoms with E-state index < -0.39 is 0 Å². The molecule has 2 rings (SSSR count). The van der Waals surface area contributed by atoms with E-state index in [2.05, 4.69) is 9.89 Å². The molecule has 0 unspecified atom stereocenters. The predicted molar refractivity (Wildman–Crippen MR) is 61.7 cm³/mol. The van der Waals surface area contributed by atoms with Gasteiger partial charge in [0.05, 0.1) is 17.5 Å². The maximum absolute atomic E-state index is 10.3. The summed E-state index contributed by atoms with van der Waals surface area (Å²) >= 11 is 0. The molecule has 0 aliphatic carbocycles. The van der Waals surface area contributed by atoms with Gasteiger partial charge in [0.25, 0.3) is 0 Å². The number of hydrogen-bond donors (Lipinski definition) is 1. The zero-order valence-corrected chi connectivity index (χ0v) is 8.97. The van der Waals surface area contributed by atoms with Crippen molar-refractivity contribution in [2.45, 2.75) is 18.9 Å². The Kier molecular flexibility index (Phi) is 3.34. The fourth-order valence-electron chi connectivity index (χ4n) is 1.98. The molecule has 4 nitrogen and oxygen atoms in total. The van der Waals surface area contributed by atoms with Crippen LogP contribution in [0.3, 0.4) is 0 Å². The lowest BCUT2D eigenvalue weighted by Crippen LogP contribution is -2.35. The molecule has 1 aromatic carbocycles. The van der Waals surface area contributed by atoms with E-state index in [0.717, 1.165) is 31.6 Å². The largest absolute Gasteiger partial charge is 0.393 e. The van der Waals surface area contributed by atoms with Crippen molar-refractivity contribution >= 4 is 17.5 Å². The summed E-state index contributed by atoms with van der Waals surface area (Å²) in [6.07, 6.45) is 2.90. The molecule has 0 radical (unpaired) electrons. The first kappa shape index (κ1) is 10.9. The molecule has 4 heteroatoms. The highest BCUT2D eigenvalue weighted by Crippen LogP contribution is 2.29. The van der Waals surface area contributed by atoms with Crippen LogP contribution in [0.2, 0.25) is 0 Å². The SMILES string of the molecule is O=C=Nc1ccccc1N1CCC(O)CC1. The van der Waals surface area contributed by atoms with Crippen LogP contribution in [0, 0.1) is 0 Å². The summed E-state index contributed by atoms with van der Waals surface area (Å²) in [6, 6.07) is 7.50. The molecule has 0 bridgehead atoms. The van der Waals surface area contributed by atoms with Crippen LogP contribution in [0.15, 0.2) is 29.3 Å². The van der Waals surface area contributed by atoms with Gasteiger partial charge in [0.2, 0.25) is 6.08 Å². The van der Waals surface area contributed by atoms with Gasteiger partial charge in [-0.15, -0.1) is 0 Å². The summed E-state index contributed by atoms with van der Waals surface area (Å²) in [5, 5.41) is 9.43. The summed E-state index contributed by atoms with van der Waals surface area (Å²) < 4.78 is 0. The second kappa shape index (κ2) is 4.92. The average Bonchev–Trinajstić information content (AvgIpc) is 2.32. The topological polar surface area (TPSA) is 52.9 Å². The monoisotopic (exact) mass is 218 g/mol. The molecule has 1 heterocycles. The van der Waals surface area contributed by atoms with E-state index in [1.165, 1.54) is 0 Å². The van der Waals surface area contributed by atoms with Crippen molar-refractivity contribution in [1.82, 2.24) is 0 Å². The zero-order chi connectivity index (χ0) is 11.4. The van der Waals surface area contributed by atoms with Crippen LogP contribution in [-0.2, 0) is 4.79 Å². The van der Waals surface area contributed by atoms with Crippen LogP contribution in [0.25, 0.3) is 0 Å². The van der Waals surface area contributed by atoms with Gasteiger partial charge in [-0.3, -0.25) is 0 Å². The number of isocyanates is 1. The summed E-state index contributed by atoms with van der Waals surface area (Å²) in [7, 11) is 0. The van der Waals surface area contributed by atoms with Gasteiger partial charge in [-0.2, -0.15) is 4.99 Å². The molecule has 1 saturated heterocycles. The fraction of sp³-hybridized carbons (Fsp3) is 0.417. The lowest BCUT2D eigenvalue weighted by Gasteiger charge is -2.31. The standard InChI is InChI=1S/C12H14N2O2/c15-9-13-11-3-1-2-4-12(11)14-7-5-10(16)6-8-14/h1-4,10,16H,5-8H2. The Morgan fingerprint density at radius 3 is 2.69 bits per heavy atom. The number of anilines is 1. The van der Waals surface area contributed by atoms with E-state index in [1.54, 1.807) is 12.1 Å². The number of aliphatic hydroxyl groups is 1. The minimum absolute atomic E-state index is 0.196. The van der Waals surface area contributed by atoms with Crippen LogP contribution in [-0.4, -0.2) is 30.4 Å². The van der Waals surface area contributed by atoms with Gasteiger partial charge in [-0.25, -0.2) is 4.79 Å². The smallest absolute Gasteiger partial charge is 0.240 e. The number of benzene rings is 1. The Balaban J connectivity index is 2.22. The number of rotatable bonds is 2. The predicted octanol–water partition coefficient (Wildman–Crippen LogP) is 1.61. The maximum Gasteiger partial charge on any atom is 0.240 e. The number of piperidine rings is 1. The van der Waals surface area contributed by atoms with Crippen molar-refractivity contribution in [2.24, 2.45) is 4.99 Å². The second-order valence-corrected chi connectivity index (χ2v) is 3.91. The molecular weight excluding hydrogens is 204 g/mol. The quantitative estimate of drug-likeness (QED) is 0.606. The normalized spacial score (nSPS) is 16.9. The molecule has 0 amide bonds. The number of nitrogens with zero attached hydrogens (tertiary/aromatic N) is 2. The lowest BCUT2D eigenvalue weighted by molar-refractivity contribution is 0.145. The number of para-hydroxylation sites is 2. The van der Waals surface area contributed by atoms with Gasteiger partial charge < -0.3 is 10.0 Å². The first-order valence-electron chi connectivity index (χ1n) is 5.41. The van der Waals surface area contributed by atoms with Crippen molar-refractivity contribution in [2.75, 3.05) is 18.0 Å². The Hall–Kier alpha value is -1.64. The molecule has 0 aromatic heterocycles. The average molecular weight is 218 g/mol. The maximum atomic E-state index is 10.3. The summed E-state index contributed by atoms with van der Waals surface area (Å²) in [6.45, 7) is 1.60. The molecule has 84 valence electrons. The Morgan fingerprint density at radius 1 is 1.31 bits per heavy atom. The minimum Gasteiger partial charge on any atom is -0.393 e. The Morgan fingerprint density at radius 2 is 2.00 bits per heavy atom. The van der Waals surface area contributed by atoms with Crippen molar-refractivity contribution in [3.63, 3.8) is 0 Å². The fourth-order valence-corrected chi connectivity index (χ4v) is 1.98. The number of carbonyl (C=O) groups excluding carboxylic acids is 1. The highest BCUT2D eigenvalue weighted by molar-refractivity contribution is 5.69. The molecular formula is C12H14N2O2. The van der Waals surface area contributed by atoms with Gasteiger partial charge in [0, 0.05) is 13.1 Å². The van der Waals surface area contributed by atoms with E-state index in [4.69, 9.17) is 0 Å². The zero-order valence-electron chi connectivity index (χ0n) is 8.97. The van der Waals surface area contributed by atoms with Crippen molar-refractivity contribution in [3.8, 4) is 0 Å². The molecule has 1 N–H and O–H groups in total. The summed E-state index contributed by atoms with van der Waals surface area (Å²) in [5.41, 5.74) is 1.59. The van der Waals surface area contributed by atoms with E-state index in [9.17, 15) is 9.90 Å². The number of aliphatic hydroxyl groups excluding tert-OH is 1. The Labute approximate surface area is 94.2 Å². The van der Waals surface area contributed by atoms with Crippen LogP contribution >= 0.6 is 0 Å². The first-order valence-corrected chi connectivity index (χ1v) is 5.41. The van der Waals surface area contributed by atoms with Crippen molar-refractivity contribution in [1.29, 1.82) is 0 Å². The molecule has 16 heavy (non-hydrogen) atoms. The molecule has 1 fully saturated rings. The van der Waals surface area contributed by atoms with E-state index in [-0.39, 0.29) is 6.10 Å². The Bertz CT molecular complexity index is 405. The van der Waals surface area contributed by atoms with Crippen LogP contribution in [0.5, 0.6) is 0 Å². The summed E-state index contributed by atoms with van der Waals surface area (Å²) in [4.78, 5) is 16.1. The molecule has 1 aliphatic rings. The van der Waals surface area contributed by atoms with Crippen LogP contribution in [0.1, 0.15) is 12.8 Å². The molecule has 0 atom stereocenters. The van der Waals surface area contributed by atoms with Crippen molar-refractivity contribution in [3.05, 3.63) is 24.3 Å². The third-order valence-electron chi connectivity index (χ3n) is 2.85. The highest BCUT2D eigenvalue weighted by atomic mass is 16.3. The van der Waals surface area contributed by atoms with Gasteiger partial charge in [-0.05, 0) is 25.0 Å². The number of hydrogen-bond acceptors (Lipinski definition) is 4. The summed E-state index contributed by atoms with van der Waals surface area (Å²) in [5.74, 6) is 0. The van der Waals surface area contributed by atoms with Crippen LogP contribution in [0.4, 0.5) is 11.4 Å². The van der Waals surface area contributed by atoms with E-state index in [1.807, 2.05) is 18.2 Å². The molecule has 1 aromatic rings. The van der Waals surface area contributed by atoms with Crippen molar-refractivity contribution < 1.29 is 9.90 Å². The second-order valence-electron chi connectivity index (χ2n) is 3.91. The first-order chi connectivity index (χ1) is 7.81. The van der Waals surface area contributed by atoms with Crippen LogP contribution < -0.4 is 4.90 Å². The molecule has 0 spiro atoms. The highest BCUT2D eigenvalue weighted by Gasteiger charge is 2.18. The molecule has 0 saturated carbocycles. The minimum atomic E-state index is -0.196. The third kappa shape index (κ3) is 2.30. The number of aliphatic imine (C=N–C) groups is 1. The molecule has 1 aliphatic heterocycles. The van der Waals surface area contributed by atoms with Gasteiger partial charge in [0.1, 0.15) is 0 Å². The van der Waals surface area contributed by atoms with Gasteiger partial charge in [-0.1, -0.05) is 12.1 Å². The third-order valence-corrected chi connectivity index (χ3v) is 2.85. The van der Waals surface area contributed by atoms with Gasteiger partial charge in [0.15, 0.2) is 0 Å². The van der Waals surface area contributed by atoms with E-state index >= 15 is 0 Å². The van der Waals surface area contributed by atoms with Gasteiger partial charge >= 0.3 is 0 Å².